The van der Waals surface area contributed by atoms with Crippen LogP contribution in [0.5, 0.6) is 0 Å². The van der Waals surface area contributed by atoms with Crippen molar-refractivity contribution in [2.75, 3.05) is 13.1 Å². The number of benzene rings is 2. The van der Waals surface area contributed by atoms with Crippen LogP contribution in [0.3, 0.4) is 0 Å². The number of carbonyl (C=O) groups excluding carboxylic acids is 1. The lowest BCUT2D eigenvalue weighted by Gasteiger charge is -2.30. The minimum Gasteiger partial charge on any atom is -0.440 e. The van der Waals surface area contributed by atoms with Gasteiger partial charge in [-0.1, -0.05) is 23.9 Å². The Morgan fingerprint density at radius 2 is 2.00 bits per heavy atom. The van der Waals surface area contributed by atoms with E-state index in [1.165, 1.54) is 29.2 Å². The van der Waals surface area contributed by atoms with Crippen LogP contribution in [0.4, 0.5) is 5.69 Å². The molecule has 33 heavy (non-hydrogen) atoms. The van der Waals surface area contributed by atoms with Crippen molar-refractivity contribution in [3.63, 3.8) is 0 Å². The van der Waals surface area contributed by atoms with Crippen LogP contribution in [-0.4, -0.2) is 38.8 Å². The first-order valence-electron chi connectivity index (χ1n) is 10.5. The molecule has 0 atom stereocenters. The number of para-hydroxylation sites is 2. The van der Waals surface area contributed by atoms with Crippen LogP contribution in [0.15, 0.2) is 61.5 Å². The Kier molecular flexibility index (Phi) is 5.86. The molecular formula is C23H20N4O4S2. The molecule has 2 aromatic heterocycles. The van der Waals surface area contributed by atoms with E-state index in [1.807, 2.05) is 36.6 Å². The molecule has 1 aliphatic heterocycles. The number of thiazole rings is 1. The van der Waals surface area contributed by atoms with E-state index < -0.39 is 4.92 Å². The fraction of sp³-hybridized carbons (Fsp3) is 0.261. The average Bonchev–Trinajstić information content (AvgIpc) is 3.44. The van der Waals surface area contributed by atoms with Gasteiger partial charge < -0.3 is 9.32 Å². The molecule has 1 fully saturated rings. The summed E-state index contributed by atoms with van der Waals surface area (Å²) in [7, 11) is 0. The predicted octanol–water partition coefficient (Wildman–Crippen LogP) is 5.67. The highest BCUT2D eigenvalue weighted by Gasteiger charge is 2.29. The topological polar surface area (TPSA) is 102 Å². The molecule has 0 aliphatic carbocycles. The van der Waals surface area contributed by atoms with E-state index in [9.17, 15) is 14.9 Å². The van der Waals surface area contributed by atoms with Crippen LogP contribution in [-0.2, 0) is 0 Å². The van der Waals surface area contributed by atoms with E-state index in [2.05, 4.69) is 9.97 Å². The van der Waals surface area contributed by atoms with Gasteiger partial charge in [-0.05, 0) is 44.0 Å². The molecule has 5 rings (SSSR count). The number of fused-ring (bicyclic) bond motifs is 1. The van der Waals surface area contributed by atoms with E-state index in [0.717, 1.165) is 34.0 Å². The molecule has 3 heterocycles. The minimum atomic E-state index is -0.445. The highest BCUT2D eigenvalue weighted by Crippen LogP contribution is 2.37. The van der Waals surface area contributed by atoms with Crippen molar-refractivity contribution in [2.24, 2.45) is 0 Å². The van der Waals surface area contributed by atoms with Crippen LogP contribution >= 0.6 is 23.1 Å². The summed E-state index contributed by atoms with van der Waals surface area (Å²) in [5.41, 5.74) is 2.72. The highest BCUT2D eigenvalue weighted by atomic mass is 32.2. The fourth-order valence-corrected chi connectivity index (χ4v) is 5.81. The number of amides is 1. The molecule has 0 spiro atoms. The number of nitro groups is 1. The molecule has 1 saturated heterocycles. The number of nitrogens with zero attached hydrogens (tertiary/aromatic N) is 4. The van der Waals surface area contributed by atoms with Crippen LogP contribution in [0.1, 0.15) is 40.7 Å². The lowest BCUT2D eigenvalue weighted by Crippen LogP contribution is -2.38. The Bertz CT molecular complexity index is 1310. The molecule has 0 radical (unpaired) electrons. The van der Waals surface area contributed by atoms with Crippen LogP contribution in [0.25, 0.3) is 11.1 Å². The van der Waals surface area contributed by atoms with Crippen molar-refractivity contribution in [1.29, 1.82) is 0 Å². The van der Waals surface area contributed by atoms with Gasteiger partial charge in [-0.15, -0.1) is 11.3 Å². The van der Waals surface area contributed by atoms with Crippen molar-refractivity contribution in [3.05, 3.63) is 75.1 Å². The Balaban J connectivity index is 1.29. The van der Waals surface area contributed by atoms with Gasteiger partial charge in [0, 0.05) is 41.7 Å². The van der Waals surface area contributed by atoms with Gasteiger partial charge in [-0.2, -0.15) is 0 Å². The van der Waals surface area contributed by atoms with Crippen molar-refractivity contribution in [1.82, 2.24) is 14.9 Å². The summed E-state index contributed by atoms with van der Waals surface area (Å²) >= 11 is 2.68. The third-order valence-corrected chi connectivity index (χ3v) is 7.76. The molecule has 1 aliphatic rings. The minimum absolute atomic E-state index is 0.0833. The first-order chi connectivity index (χ1) is 16.0. The number of likely N-dealkylation sites (tertiary alicyclic amines) is 1. The number of hydrogen-bond acceptors (Lipinski definition) is 8. The maximum atomic E-state index is 13.1. The lowest BCUT2D eigenvalue weighted by molar-refractivity contribution is -0.387. The second-order valence-electron chi connectivity index (χ2n) is 7.88. The van der Waals surface area contributed by atoms with E-state index in [4.69, 9.17) is 4.42 Å². The summed E-state index contributed by atoms with van der Waals surface area (Å²) in [5, 5.41) is 13.6. The number of aryl methyl sites for hydroxylation is 1. The normalized spacial score (nSPS) is 14.6. The van der Waals surface area contributed by atoms with Crippen LogP contribution in [0.2, 0.25) is 0 Å². The molecule has 0 unspecified atom stereocenters. The molecule has 10 heteroatoms. The maximum Gasteiger partial charge on any atom is 0.284 e. The smallest absolute Gasteiger partial charge is 0.284 e. The fourth-order valence-electron chi connectivity index (χ4n) is 3.93. The van der Waals surface area contributed by atoms with Gasteiger partial charge in [0.2, 0.25) is 0 Å². The van der Waals surface area contributed by atoms with Gasteiger partial charge in [0.25, 0.3) is 11.6 Å². The Morgan fingerprint density at radius 3 is 2.70 bits per heavy atom. The number of carbonyl (C=O) groups is 1. The zero-order valence-electron chi connectivity index (χ0n) is 17.8. The van der Waals surface area contributed by atoms with Crippen LogP contribution < -0.4 is 0 Å². The van der Waals surface area contributed by atoms with E-state index in [1.54, 1.807) is 17.0 Å². The largest absolute Gasteiger partial charge is 0.440 e. The number of hydrogen-bond donors (Lipinski definition) is 0. The second-order valence-corrected chi connectivity index (χ2v) is 10.0. The van der Waals surface area contributed by atoms with Gasteiger partial charge in [-0.25, -0.2) is 9.97 Å². The molecule has 4 aromatic rings. The summed E-state index contributed by atoms with van der Waals surface area (Å²) in [5.74, 6) is 0.657. The third kappa shape index (κ3) is 4.49. The predicted molar refractivity (Wildman–Crippen MR) is 126 cm³/mol. The third-order valence-electron chi connectivity index (χ3n) is 5.64. The molecule has 168 valence electrons. The SMILES string of the molecule is Cc1csc(Sc2ccc(C(=O)N3CCC(c4nc5ccccc5o4)CC3)cc2[N+](=O)[O-])n1. The Labute approximate surface area is 197 Å². The van der Waals surface area contributed by atoms with Crippen molar-refractivity contribution < 1.29 is 14.1 Å². The van der Waals surface area contributed by atoms with Gasteiger partial charge in [-0.3, -0.25) is 14.9 Å². The molecule has 0 N–H and O–H groups in total. The lowest BCUT2D eigenvalue weighted by atomic mass is 9.96. The molecule has 0 saturated carbocycles. The Morgan fingerprint density at radius 1 is 1.21 bits per heavy atom. The highest BCUT2D eigenvalue weighted by molar-refractivity contribution is 8.01. The molecule has 2 aromatic carbocycles. The van der Waals surface area contributed by atoms with E-state index in [-0.39, 0.29) is 17.5 Å². The first-order valence-corrected chi connectivity index (χ1v) is 12.2. The number of piperidine rings is 1. The van der Waals surface area contributed by atoms with Gasteiger partial charge in [0.1, 0.15) is 5.52 Å². The number of aromatic nitrogens is 2. The number of rotatable bonds is 5. The second kappa shape index (κ2) is 8.95. The Hall–Kier alpha value is -3.24. The average molecular weight is 481 g/mol. The molecule has 1 amide bonds. The molecule has 8 nitrogen and oxygen atoms in total. The van der Waals surface area contributed by atoms with Crippen molar-refractivity contribution in [2.45, 2.75) is 34.9 Å². The summed E-state index contributed by atoms with van der Waals surface area (Å²) in [6, 6.07) is 12.3. The number of nitro benzene ring substituents is 1. The van der Waals surface area contributed by atoms with Crippen molar-refractivity contribution >= 4 is 45.8 Å². The molecular weight excluding hydrogens is 460 g/mol. The molecule has 0 bridgehead atoms. The quantitative estimate of drug-likeness (QED) is 0.268. The number of oxazole rings is 1. The standard InChI is InChI=1S/C23H20N4O4S2/c1-14-13-32-23(24-14)33-20-7-6-16(12-18(20)27(29)30)22(28)26-10-8-15(9-11-26)21-25-17-4-2-3-5-19(17)31-21/h2-7,12-13,15H,8-11H2,1H3. The first kappa shape index (κ1) is 21.6. The summed E-state index contributed by atoms with van der Waals surface area (Å²) in [4.78, 5) is 35.5. The summed E-state index contributed by atoms with van der Waals surface area (Å²) in [6.07, 6.45) is 1.47. The zero-order valence-corrected chi connectivity index (χ0v) is 19.4. The van der Waals surface area contributed by atoms with Gasteiger partial charge >= 0.3 is 0 Å². The van der Waals surface area contributed by atoms with Crippen LogP contribution in [0, 0.1) is 17.0 Å². The monoisotopic (exact) mass is 480 g/mol. The zero-order chi connectivity index (χ0) is 22.9. The summed E-state index contributed by atoms with van der Waals surface area (Å²) in [6.45, 7) is 2.97. The van der Waals surface area contributed by atoms with Gasteiger partial charge in [0.15, 0.2) is 15.8 Å². The maximum absolute atomic E-state index is 13.1. The summed E-state index contributed by atoms with van der Waals surface area (Å²) < 4.78 is 6.63. The van der Waals surface area contributed by atoms with E-state index in [0.29, 0.717) is 29.4 Å². The van der Waals surface area contributed by atoms with Gasteiger partial charge in [0.05, 0.1) is 9.82 Å². The van der Waals surface area contributed by atoms with Crippen molar-refractivity contribution in [3.8, 4) is 0 Å². The van der Waals surface area contributed by atoms with E-state index >= 15 is 0 Å².